The molecule has 80 valence electrons. The zero-order valence-corrected chi connectivity index (χ0v) is 8.07. The standard InChI is InChI=1S/C10H7N3O3/c14-9-7(10(15)16)5-13(6-12-9)8-3-1-2-4-11-8/h1-6H,(H,15,16). The number of carboxylic acid groups (broad SMARTS) is 1. The lowest BCUT2D eigenvalue weighted by Gasteiger charge is -2.04. The van der Waals surface area contributed by atoms with E-state index in [1.165, 1.54) is 17.1 Å². The normalized spacial score (nSPS) is 10.0. The Morgan fingerprint density at radius 3 is 2.75 bits per heavy atom. The SMILES string of the molecule is O=C(O)c1cn(-c2ccccn2)cnc1=O. The predicted molar refractivity (Wildman–Crippen MR) is 54.6 cm³/mol. The van der Waals surface area contributed by atoms with Gasteiger partial charge in [0.05, 0.1) is 0 Å². The minimum absolute atomic E-state index is 0.381. The molecular weight excluding hydrogens is 210 g/mol. The molecule has 0 aliphatic rings. The van der Waals surface area contributed by atoms with Gasteiger partial charge in [-0.1, -0.05) is 6.07 Å². The van der Waals surface area contributed by atoms with Gasteiger partial charge in [-0.25, -0.2) is 9.78 Å². The Hall–Kier alpha value is -2.50. The van der Waals surface area contributed by atoms with Crippen molar-refractivity contribution in [3.63, 3.8) is 0 Å². The summed E-state index contributed by atoms with van der Waals surface area (Å²) in [6.45, 7) is 0. The second-order valence-electron chi connectivity index (χ2n) is 2.99. The molecule has 0 radical (unpaired) electrons. The summed E-state index contributed by atoms with van der Waals surface area (Å²) in [4.78, 5) is 29.3. The highest BCUT2D eigenvalue weighted by molar-refractivity contribution is 5.86. The van der Waals surface area contributed by atoms with Crippen LogP contribution in [0.15, 0.2) is 41.7 Å². The van der Waals surface area contributed by atoms with Gasteiger partial charge in [0.1, 0.15) is 17.7 Å². The van der Waals surface area contributed by atoms with Gasteiger partial charge in [-0.15, -0.1) is 0 Å². The maximum atomic E-state index is 11.1. The van der Waals surface area contributed by atoms with E-state index in [0.29, 0.717) is 5.82 Å². The molecule has 0 amide bonds. The van der Waals surface area contributed by atoms with Crippen LogP contribution in [0.3, 0.4) is 0 Å². The Morgan fingerprint density at radius 1 is 1.31 bits per heavy atom. The van der Waals surface area contributed by atoms with Crippen LogP contribution < -0.4 is 5.56 Å². The van der Waals surface area contributed by atoms with Crippen LogP contribution in [0, 0.1) is 0 Å². The van der Waals surface area contributed by atoms with Crippen molar-refractivity contribution in [3.8, 4) is 5.82 Å². The van der Waals surface area contributed by atoms with Gasteiger partial charge in [-0.3, -0.25) is 9.36 Å². The fourth-order valence-electron chi connectivity index (χ4n) is 1.19. The lowest BCUT2D eigenvalue weighted by molar-refractivity contribution is 0.0694. The van der Waals surface area contributed by atoms with Crippen LogP contribution in [0.4, 0.5) is 0 Å². The monoisotopic (exact) mass is 217 g/mol. The molecule has 1 N–H and O–H groups in total. The highest BCUT2D eigenvalue weighted by Crippen LogP contribution is 2.01. The average Bonchev–Trinajstić information content (AvgIpc) is 2.30. The first kappa shape index (κ1) is 10.0. The van der Waals surface area contributed by atoms with Crippen LogP contribution in [-0.4, -0.2) is 25.6 Å². The third kappa shape index (κ3) is 1.81. The molecule has 6 heteroatoms. The van der Waals surface area contributed by atoms with E-state index in [0.717, 1.165) is 0 Å². The number of rotatable bonds is 2. The Balaban J connectivity index is 2.57. The summed E-state index contributed by atoms with van der Waals surface area (Å²) in [5, 5.41) is 8.76. The van der Waals surface area contributed by atoms with E-state index in [9.17, 15) is 9.59 Å². The quantitative estimate of drug-likeness (QED) is 0.783. The van der Waals surface area contributed by atoms with Crippen molar-refractivity contribution >= 4 is 5.97 Å². The molecule has 0 saturated heterocycles. The maximum Gasteiger partial charge on any atom is 0.342 e. The topological polar surface area (TPSA) is 85.1 Å². The van der Waals surface area contributed by atoms with E-state index < -0.39 is 11.5 Å². The molecule has 2 rings (SSSR count). The van der Waals surface area contributed by atoms with Gasteiger partial charge >= 0.3 is 5.97 Å². The molecule has 0 bridgehead atoms. The van der Waals surface area contributed by atoms with Crippen molar-refractivity contribution < 1.29 is 9.90 Å². The molecule has 6 nitrogen and oxygen atoms in total. The van der Waals surface area contributed by atoms with E-state index in [1.807, 2.05) is 0 Å². The predicted octanol–water partition coefficient (Wildman–Crippen LogP) is 0.326. The number of aromatic carboxylic acids is 1. The molecule has 2 aromatic rings. The maximum absolute atomic E-state index is 11.1. The van der Waals surface area contributed by atoms with Gasteiger partial charge in [0.15, 0.2) is 0 Å². The number of hydrogen-bond acceptors (Lipinski definition) is 4. The van der Waals surface area contributed by atoms with Crippen molar-refractivity contribution in [2.45, 2.75) is 0 Å². The molecule has 0 saturated carbocycles. The second-order valence-corrected chi connectivity index (χ2v) is 2.99. The Labute approximate surface area is 89.8 Å². The van der Waals surface area contributed by atoms with Crippen molar-refractivity contribution in [1.82, 2.24) is 14.5 Å². The van der Waals surface area contributed by atoms with Crippen LogP contribution in [0.2, 0.25) is 0 Å². The summed E-state index contributed by atoms with van der Waals surface area (Å²) in [5.41, 5.74) is -1.15. The second kappa shape index (κ2) is 3.93. The zero-order valence-electron chi connectivity index (χ0n) is 8.07. The summed E-state index contributed by atoms with van der Waals surface area (Å²) in [5.74, 6) is -0.805. The molecule has 0 aliphatic carbocycles. The minimum atomic E-state index is -1.30. The molecule has 0 fully saturated rings. The van der Waals surface area contributed by atoms with E-state index >= 15 is 0 Å². The number of aromatic nitrogens is 3. The molecule has 0 aliphatic heterocycles. The third-order valence-electron chi connectivity index (χ3n) is 1.94. The zero-order chi connectivity index (χ0) is 11.5. The first-order valence-corrected chi connectivity index (χ1v) is 4.41. The van der Waals surface area contributed by atoms with Gasteiger partial charge in [-0.05, 0) is 12.1 Å². The fourth-order valence-corrected chi connectivity index (χ4v) is 1.19. The summed E-state index contributed by atoms with van der Waals surface area (Å²) < 4.78 is 1.38. The minimum Gasteiger partial charge on any atom is -0.477 e. The first-order chi connectivity index (χ1) is 7.68. The van der Waals surface area contributed by atoms with Crippen LogP contribution in [-0.2, 0) is 0 Å². The average molecular weight is 217 g/mol. The van der Waals surface area contributed by atoms with E-state index in [-0.39, 0.29) is 5.56 Å². The molecular formula is C10H7N3O3. The molecule has 0 spiro atoms. The molecule has 0 unspecified atom stereocenters. The molecule has 2 heterocycles. The van der Waals surface area contributed by atoms with Crippen LogP contribution in [0.25, 0.3) is 5.82 Å². The Morgan fingerprint density at radius 2 is 2.12 bits per heavy atom. The summed E-state index contributed by atoms with van der Waals surface area (Å²) in [6, 6.07) is 5.16. The van der Waals surface area contributed by atoms with Gasteiger partial charge in [-0.2, -0.15) is 4.98 Å². The van der Waals surface area contributed by atoms with E-state index in [2.05, 4.69) is 9.97 Å². The number of carbonyl (C=O) groups is 1. The highest BCUT2D eigenvalue weighted by atomic mass is 16.4. The summed E-state index contributed by atoms with van der Waals surface area (Å²) in [6.07, 6.45) is 3.99. The third-order valence-corrected chi connectivity index (χ3v) is 1.94. The Bertz CT molecular complexity index is 577. The van der Waals surface area contributed by atoms with Gasteiger partial charge in [0.25, 0.3) is 5.56 Å². The largest absolute Gasteiger partial charge is 0.477 e. The van der Waals surface area contributed by atoms with E-state index in [4.69, 9.17) is 5.11 Å². The lowest BCUT2D eigenvalue weighted by atomic mass is 10.3. The number of hydrogen-bond donors (Lipinski definition) is 1. The molecule has 0 atom stereocenters. The first-order valence-electron chi connectivity index (χ1n) is 4.41. The molecule has 0 aromatic carbocycles. The summed E-state index contributed by atoms with van der Waals surface area (Å²) >= 11 is 0. The highest BCUT2D eigenvalue weighted by Gasteiger charge is 2.10. The van der Waals surface area contributed by atoms with Gasteiger partial charge in [0, 0.05) is 12.4 Å². The van der Waals surface area contributed by atoms with Crippen molar-refractivity contribution in [3.05, 3.63) is 52.8 Å². The van der Waals surface area contributed by atoms with Crippen LogP contribution >= 0.6 is 0 Å². The fraction of sp³-hybridized carbons (Fsp3) is 0. The van der Waals surface area contributed by atoms with Crippen molar-refractivity contribution in [2.75, 3.05) is 0 Å². The number of carboxylic acids is 1. The van der Waals surface area contributed by atoms with Crippen LogP contribution in [0.1, 0.15) is 10.4 Å². The number of pyridine rings is 1. The molecule has 2 aromatic heterocycles. The van der Waals surface area contributed by atoms with Gasteiger partial charge < -0.3 is 5.11 Å². The van der Waals surface area contributed by atoms with Crippen LogP contribution in [0.5, 0.6) is 0 Å². The smallest absolute Gasteiger partial charge is 0.342 e. The summed E-state index contributed by atoms with van der Waals surface area (Å²) in [7, 11) is 0. The van der Waals surface area contributed by atoms with Crippen molar-refractivity contribution in [2.24, 2.45) is 0 Å². The van der Waals surface area contributed by atoms with Gasteiger partial charge in [0.2, 0.25) is 0 Å². The number of nitrogens with zero attached hydrogens (tertiary/aromatic N) is 3. The lowest BCUT2D eigenvalue weighted by Crippen LogP contribution is -2.20. The van der Waals surface area contributed by atoms with Crippen molar-refractivity contribution in [1.29, 1.82) is 0 Å². The molecule has 16 heavy (non-hydrogen) atoms. The van der Waals surface area contributed by atoms with E-state index in [1.54, 1.807) is 24.4 Å². The Kier molecular flexibility index (Phi) is 2.47.